The highest BCUT2D eigenvalue weighted by molar-refractivity contribution is 6.30. The Morgan fingerprint density at radius 1 is 1.36 bits per heavy atom. The number of halogens is 1. The molecule has 1 atom stereocenters. The van der Waals surface area contributed by atoms with Crippen molar-refractivity contribution in [3.05, 3.63) is 29.3 Å². The van der Waals surface area contributed by atoms with Gasteiger partial charge in [0.2, 0.25) is 0 Å². The quantitative estimate of drug-likeness (QED) is 0.831. The van der Waals surface area contributed by atoms with Crippen LogP contribution in [0.25, 0.3) is 0 Å². The van der Waals surface area contributed by atoms with Gasteiger partial charge in [-0.15, -0.1) is 0 Å². The third-order valence-electron chi connectivity index (χ3n) is 2.37. The Kier molecular flexibility index (Phi) is 4.23. The van der Waals surface area contributed by atoms with E-state index in [1.54, 1.807) is 0 Å². The Morgan fingerprint density at radius 3 is 2.36 bits per heavy atom. The van der Waals surface area contributed by atoms with Crippen LogP contribution in [0, 0.1) is 0 Å². The monoisotopic (exact) mass is 212 g/mol. The fourth-order valence-electron chi connectivity index (χ4n) is 1.51. The van der Waals surface area contributed by atoms with Gasteiger partial charge in [-0.3, -0.25) is 0 Å². The lowest BCUT2D eigenvalue weighted by atomic mass is 10.2. The summed E-state index contributed by atoms with van der Waals surface area (Å²) in [5.74, 6) is 0. The van der Waals surface area contributed by atoms with Crippen molar-refractivity contribution < 1.29 is 0 Å². The predicted octanol–water partition coefficient (Wildman–Crippen LogP) is 2.51. The standard InChI is InChI=1S/C11H17ClN2/c1-3-14(9(2)8-13)11-6-4-10(12)5-7-11/h4-7,9H,3,8,13H2,1-2H3. The van der Waals surface area contributed by atoms with Crippen LogP contribution in [-0.2, 0) is 0 Å². The third kappa shape index (κ3) is 2.63. The molecule has 1 aromatic carbocycles. The molecule has 1 aromatic rings. The van der Waals surface area contributed by atoms with Crippen LogP contribution < -0.4 is 10.6 Å². The molecule has 0 aliphatic heterocycles. The molecule has 3 heteroatoms. The van der Waals surface area contributed by atoms with Crippen LogP contribution in [0.15, 0.2) is 24.3 Å². The number of hydrogen-bond donors (Lipinski definition) is 1. The van der Waals surface area contributed by atoms with Crippen molar-refractivity contribution in [1.29, 1.82) is 0 Å². The lowest BCUT2D eigenvalue weighted by molar-refractivity contribution is 0.657. The molecule has 0 saturated heterocycles. The second-order valence-corrected chi connectivity index (χ2v) is 3.78. The van der Waals surface area contributed by atoms with Gasteiger partial charge in [-0.2, -0.15) is 0 Å². The summed E-state index contributed by atoms with van der Waals surface area (Å²) in [5, 5.41) is 0.769. The number of hydrogen-bond acceptors (Lipinski definition) is 2. The van der Waals surface area contributed by atoms with Gasteiger partial charge in [0.15, 0.2) is 0 Å². The summed E-state index contributed by atoms with van der Waals surface area (Å²) < 4.78 is 0. The average Bonchev–Trinajstić information content (AvgIpc) is 2.21. The normalized spacial score (nSPS) is 12.6. The van der Waals surface area contributed by atoms with Crippen LogP contribution >= 0.6 is 11.6 Å². The number of nitrogens with two attached hydrogens (primary N) is 1. The van der Waals surface area contributed by atoms with Gasteiger partial charge in [-0.25, -0.2) is 0 Å². The Morgan fingerprint density at radius 2 is 1.93 bits per heavy atom. The van der Waals surface area contributed by atoms with Crippen LogP contribution in [-0.4, -0.2) is 19.1 Å². The molecule has 0 bridgehead atoms. The summed E-state index contributed by atoms with van der Waals surface area (Å²) in [6.45, 7) is 5.87. The molecule has 0 aliphatic rings. The number of rotatable bonds is 4. The van der Waals surface area contributed by atoms with Crippen LogP contribution in [0.3, 0.4) is 0 Å². The predicted molar refractivity (Wildman–Crippen MR) is 63.0 cm³/mol. The van der Waals surface area contributed by atoms with Crippen LogP contribution in [0.1, 0.15) is 13.8 Å². The number of nitrogens with zero attached hydrogens (tertiary/aromatic N) is 1. The molecule has 0 heterocycles. The molecule has 0 spiro atoms. The maximum atomic E-state index is 5.83. The molecule has 0 aliphatic carbocycles. The third-order valence-corrected chi connectivity index (χ3v) is 2.62. The Bertz CT molecular complexity index is 271. The Hall–Kier alpha value is -0.730. The van der Waals surface area contributed by atoms with Gasteiger partial charge < -0.3 is 10.6 Å². The van der Waals surface area contributed by atoms with Crippen molar-refractivity contribution in [3.63, 3.8) is 0 Å². The SMILES string of the molecule is CCN(c1ccc(Cl)cc1)C(C)CN. The van der Waals surface area contributed by atoms with Crippen molar-refractivity contribution in [2.45, 2.75) is 19.9 Å². The molecule has 0 saturated carbocycles. The van der Waals surface area contributed by atoms with E-state index < -0.39 is 0 Å². The van der Waals surface area contributed by atoms with Gasteiger partial charge >= 0.3 is 0 Å². The largest absolute Gasteiger partial charge is 0.368 e. The van der Waals surface area contributed by atoms with E-state index in [0.29, 0.717) is 12.6 Å². The topological polar surface area (TPSA) is 29.3 Å². The van der Waals surface area contributed by atoms with E-state index in [9.17, 15) is 0 Å². The minimum absolute atomic E-state index is 0.362. The fraction of sp³-hybridized carbons (Fsp3) is 0.455. The average molecular weight is 213 g/mol. The first-order valence-electron chi connectivity index (χ1n) is 4.91. The number of benzene rings is 1. The zero-order chi connectivity index (χ0) is 10.6. The molecular weight excluding hydrogens is 196 g/mol. The van der Waals surface area contributed by atoms with Crippen LogP contribution in [0.2, 0.25) is 5.02 Å². The lowest BCUT2D eigenvalue weighted by Crippen LogP contribution is -2.38. The smallest absolute Gasteiger partial charge is 0.0407 e. The summed E-state index contributed by atoms with van der Waals surface area (Å²) in [6.07, 6.45) is 0. The molecule has 0 fully saturated rings. The minimum Gasteiger partial charge on any atom is -0.368 e. The molecule has 14 heavy (non-hydrogen) atoms. The maximum Gasteiger partial charge on any atom is 0.0407 e. The molecule has 0 amide bonds. The summed E-state index contributed by atoms with van der Waals surface area (Å²) in [5.41, 5.74) is 6.82. The van der Waals surface area contributed by atoms with Gasteiger partial charge in [0.25, 0.3) is 0 Å². The highest BCUT2D eigenvalue weighted by Crippen LogP contribution is 2.19. The van der Waals surface area contributed by atoms with Gasteiger partial charge in [0.1, 0.15) is 0 Å². The zero-order valence-electron chi connectivity index (χ0n) is 8.70. The summed E-state index contributed by atoms with van der Waals surface area (Å²) >= 11 is 5.83. The van der Waals surface area contributed by atoms with Crippen molar-refractivity contribution >= 4 is 17.3 Å². The van der Waals surface area contributed by atoms with Crippen LogP contribution in [0.4, 0.5) is 5.69 Å². The highest BCUT2D eigenvalue weighted by atomic mass is 35.5. The number of anilines is 1. The van der Waals surface area contributed by atoms with E-state index in [0.717, 1.165) is 11.6 Å². The first-order valence-corrected chi connectivity index (χ1v) is 5.29. The van der Waals surface area contributed by atoms with Crippen LogP contribution in [0.5, 0.6) is 0 Å². The molecule has 78 valence electrons. The second kappa shape index (κ2) is 5.23. The van der Waals surface area contributed by atoms with Gasteiger partial charge in [0.05, 0.1) is 0 Å². The van der Waals surface area contributed by atoms with E-state index in [4.69, 9.17) is 17.3 Å². The summed E-state index contributed by atoms with van der Waals surface area (Å²) in [4.78, 5) is 2.26. The molecule has 1 rings (SSSR count). The van der Waals surface area contributed by atoms with Crippen molar-refractivity contribution in [3.8, 4) is 0 Å². The molecule has 0 radical (unpaired) electrons. The number of likely N-dealkylation sites (N-methyl/N-ethyl adjacent to an activating group) is 1. The molecule has 2 N–H and O–H groups in total. The van der Waals surface area contributed by atoms with E-state index in [-0.39, 0.29) is 0 Å². The van der Waals surface area contributed by atoms with Crippen molar-refractivity contribution in [2.75, 3.05) is 18.0 Å². The summed E-state index contributed by atoms with van der Waals surface area (Å²) in [7, 11) is 0. The van der Waals surface area contributed by atoms with E-state index in [1.807, 2.05) is 24.3 Å². The Labute approximate surface area is 90.7 Å². The fourth-order valence-corrected chi connectivity index (χ4v) is 1.63. The molecule has 0 aromatic heterocycles. The van der Waals surface area contributed by atoms with Gasteiger partial charge in [-0.05, 0) is 38.1 Å². The van der Waals surface area contributed by atoms with Gasteiger partial charge in [-0.1, -0.05) is 11.6 Å². The first-order chi connectivity index (χ1) is 6.69. The van der Waals surface area contributed by atoms with Gasteiger partial charge in [0, 0.05) is 29.8 Å². The first kappa shape index (κ1) is 11.3. The molecule has 1 unspecified atom stereocenters. The highest BCUT2D eigenvalue weighted by Gasteiger charge is 2.10. The van der Waals surface area contributed by atoms with Crippen molar-refractivity contribution in [1.82, 2.24) is 0 Å². The molecule has 2 nitrogen and oxygen atoms in total. The van der Waals surface area contributed by atoms with Crippen molar-refractivity contribution in [2.24, 2.45) is 5.73 Å². The maximum absolute atomic E-state index is 5.83. The Balaban J connectivity index is 2.84. The van der Waals surface area contributed by atoms with E-state index in [1.165, 1.54) is 5.69 Å². The lowest BCUT2D eigenvalue weighted by Gasteiger charge is -2.29. The molecular formula is C11H17ClN2. The minimum atomic E-state index is 0.362. The summed E-state index contributed by atoms with van der Waals surface area (Å²) in [6, 6.07) is 8.22. The van der Waals surface area contributed by atoms with E-state index in [2.05, 4.69) is 18.7 Å². The van der Waals surface area contributed by atoms with E-state index >= 15 is 0 Å². The zero-order valence-corrected chi connectivity index (χ0v) is 9.46. The second-order valence-electron chi connectivity index (χ2n) is 3.35.